The molecule has 71 heavy (non-hydrogen) atoms. The highest BCUT2D eigenvalue weighted by Gasteiger charge is 2.48. The van der Waals surface area contributed by atoms with E-state index in [2.05, 4.69) is 266 Å². The molecular formula is C66H64BN3S. The van der Waals surface area contributed by atoms with Crippen LogP contribution < -0.4 is 30.4 Å². The summed E-state index contributed by atoms with van der Waals surface area (Å²) in [6.45, 7) is 23.8. The topological polar surface area (TPSA) is 9.72 Å². The van der Waals surface area contributed by atoms with Gasteiger partial charge in [0.05, 0.1) is 17.1 Å². The van der Waals surface area contributed by atoms with Crippen molar-refractivity contribution in [3.8, 4) is 11.1 Å². The molecule has 352 valence electrons. The van der Waals surface area contributed by atoms with E-state index in [1.807, 2.05) is 11.3 Å². The Morgan fingerprint density at radius 1 is 0.493 bits per heavy atom. The molecule has 3 heterocycles. The fraction of sp³-hybridized carbons (Fsp3) is 0.242. The first-order chi connectivity index (χ1) is 34.0. The van der Waals surface area contributed by atoms with Gasteiger partial charge in [0.2, 0.25) is 0 Å². The summed E-state index contributed by atoms with van der Waals surface area (Å²) in [5.41, 5.74) is 21.4. The van der Waals surface area contributed by atoms with Gasteiger partial charge in [-0.05, 0) is 146 Å². The highest BCUT2D eigenvalue weighted by atomic mass is 32.1. The van der Waals surface area contributed by atoms with Crippen LogP contribution in [0.15, 0.2) is 182 Å². The van der Waals surface area contributed by atoms with Gasteiger partial charge in [0.25, 0.3) is 6.71 Å². The number of hydrogen-bond donors (Lipinski definition) is 0. The predicted octanol–water partition coefficient (Wildman–Crippen LogP) is 17.1. The molecule has 3 nitrogen and oxygen atoms in total. The second-order valence-corrected chi connectivity index (χ2v) is 24.8. The molecule has 0 atom stereocenters. The van der Waals surface area contributed by atoms with Gasteiger partial charge in [-0.25, -0.2) is 0 Å². The van der Waals surface area contributed by atoms with E-state index < -0.39 is 0 Å². The smallest absolute Gasteiger partial charge is 0.264 e. The molecule has 8 aromatic carbocycles. The lowest BCUT2D eigenvalue weighted by Crippen LogP contribution is -2.61. The third kappa shape index (κ3) is 7.45. The van der Waals surface area contributed by atoms with Crippen LogP contribution in [0.4, 0.5) is 51.2 Å². The van der Waals surface area contributed by atoms with Crippen LogP contribution in [0.2, 0.25) is 0 Å². The van der Waals surface area contributed by atoms with Gasteiger partial charge in [-0.1, -0.05) is 178 Å². The van der Waals surface area contributed by atoms with Crippen LogP contribution in [0.3, 0.4) is 0 Å². The molecular weight excluding hydrogens is 878 g/mol. The van der Waals surface area contributed by atoms with Gasteiger partial charge >= 0.3 is 0 Å². The maximum atomic E-state index is 2.67. The Morgan fingerprint density at radius 2 is 1.03 bits per heavy atom. The number of fused-ring (bicyclic) bond motifs is 7. The van der Waals surface area contributed by atoms with Crippen molar-refractivity contribution in [3.63, 3.8) is 0 Å². The first kappa shape index (κ1) is 45.3. The number of rotatable bonds is 6. The molecule has 0 saturated heterocycles. The van der Waals surface area contributed by atoms with Crippen LogP contribution in [0.5, 0.6) is 0 Å². The Bertz CT molecular complexity index is 3460. The van der Waals surface area contributed by atoms with Gasteiger partial charge in [-0.2, -0.15) is 0 Å². The molecule has 0 amide bonds. The Labute approximate surface area is 426 Å². The van der Waals surface area contributed by atoms with Crippen LogP contribution in [-0.4, -0.2) is 6.71 Å². The summed E-state index contributed by atoms with van der Waals surface area (Å²) in [7, 11) is 0. The van der Waals surface area contributed by atoms with Crippen molar-refractivity contribution in [2.24, 2.45) is 0 Å². The first-order valence-corrected chi connectivity index (χ1v) is 26.5. The fourth-order valence-corrected chi connectivity index (χ4v) is 13.2. The Hall–Kier alpha value is -6.82. The maximum absolute atomic E-state index is 2.67. The SMILES string of the molecule is CC(C)(C)c1ccc(N2c3cc4c(cc3B3c5sc6ccccc6c5N(c5ccc(C(C)(C)C)cc5-c5ccccc5)c5cc(N(c6ccccc6)c6ccccc6)cc2c53)C(C)(C)CCC4(C)C)cc1. The van der Waals surface area contributed by atoms with Gasteiger partial charge < -0.3 is 14.7 Å². The predicted molar refractivity (Wildman–Crippen MR) is 309 cm³/mol. The molecule has 0 saturated carbocycles. The van der Waals surface area contributed by atoms with E-state index in [0.29, 0.717) is 0 Å². The molecule has 1 aromatic heterocycles. The zero-order valence-electron chi connectivity index (χ0n) is 43.1. The van der Waals surface area contributed by atoms with Gasteiger partial charge in [-0.15, -0.1) is 11.3 Å². The van der Waals surface area contributed by atoms with Crippen LogP contribution >= 0.6 is 11.3 Å². The quantitative estimate of drug-likeness (QED) is 0.154. The van der Waals surface area contributed by atoms with E-state index in [1.165, 1.54) is 93.3 Å². The number of nitrogens with zero attached hydrogens (tertiary/aromatic N) is 3. The van der Waals surface area contributed by atoms with Crippen molar-refractivity contribution in [1.82, 2.24) is 0 Å². The summed E-state index contributed by atoms with van der Waals surface area (Å²) in [5, 5.41) is 1.29. The van der Waals surface area contributed by atoms with Crippen LogP contribution in [0.25, 0.3) is 21.2 Å². The van der Waals surface area contributed by atoms with Gasteiger partial charge in [0.15, 0.2) is 0 Å². The molecule has 12 rings (SSSR count). The van der Waals surface area contributed by atoms with Crippen molar-refractivity contribution in [1.29, 1.82) is 0 Å². The lowest BCUT2D eigenvalue weighted by atomic mass is 9.35. The van der Waals surface area contributed by atoms with E-state index in [9.17, 15) is 0 Å². The zero-order chi connectivity index (χ0) is 49.2. The number of benzene rings is 8. The Balaban J connectivity index is 1.26. The minimum atomic E-state index is -0.0471. The molecule has 1 aliphatic carbocycles. The fourth-order valence-electron chi connectivity index (χ4n) is 11.9. The first-order valence-electron chi connectivity index (χ1n) is 25.7. The Morgan fingerprint density at radius 3 is 1.63 bits per heavy atom. The number of hydrogen-bond acceptors (Lipinski definition) is 4. The third-order valence-corrected chi connectivity index (χ3v) is 17.2. The van der Waals surface area contributed by atoms with Crippen molar-refractivity contribution in [2.45, 2.75) is 104 Å². The minimum Gasteiger partial charge on any atom is -0.311 e. The van der Waals surface area contributed by atoms with E-state index in [0.717, 1.165) is 29.9 Å². The number of anilines is 9. The molecule has 2 aliphatic heterocycles. The highest BCUT2D eigenvalue weighted by molar-refractivity contribution is 7.33. The van der Waals surface area contributed by atoms with Crippen LogP contribution in [0.1, 0.15) is 104 Å². The lowest BCUT2D eigenvalue weighted by molar-refractivity contribution is 0.332. The molecule has 0 unspecified atom stereocenters. The molecule has 3 aliphatic rings. The molecule has 0 spiro atoms. The van der Waals surface area contributed by atoms with Crippen LogP contribution in [-0.2, 0) is 21.7 Å². The maximum Gasteiger partial charge on any atom is 0.264 e. The highest BCUT2D eigenvalue weighted by Crippen LogP contribution is 2.54. The van der Waals surface area contributed by atoms with E-state index in [1.54, 1.807) is 0 Å². The molecule has 5 heteroatoms. The van der Waals surface area contributed by atoms with Crippen LogP contribution in [0, 0.1) is 0 Å². The van der Waals surface area contributed by atoms with E-state index >= 15 is 0 Å². The zero-order valence-corrected chi connectivity index (χ0v) is 43.9. The molecule has 0 fully saturated rings. The monoisotopic (exact) mass is 941 g/mol. The average molecular weight is 942 g/mol. The minimum absolute atomic E-state index is 0.0140. The summed E-state index contributed by atoms with van der Waals surface area (Å²) in [6, 6.07) is 69.2. The van der Waals surface area contributed by atoms with Gasteiger partial charge in [-0.3, -0.25) is 0 Å². The molecule has 9 aromatic rings. The summed E-state index contributed by atoms with van der Waals surface area (Å²) in [5.74, 6) is 0. The van der Waals surface area contributed by atoms with E-state index in [4.69, 9.17) is 0 Å². The molecule has 0 radical (unpaired) electrons. The number of thiophene rings is 1. The average Bonchev–Trinajstić information content (AvgIpc) is 3.75. The number of para-hydroxylation sites is 2. The largest absolute Gasteiger partial charge is 0.311 e. The summed E-state index contributed by atoms with van der Waals surface area (Å²) in [6.07, 6.45) is 2.31. The summed E-state index contributed by atoms with van der Waals surface area (Å²) >= 11 is 1.98. The van der Waals surface area contributed by atoms with Gasteiger partial charge in [0, 0.05) is 54.6 Å². The second kappa shape index (κ2) is 16.4. The van der Waals surface area contributed by atoms with Gasteiger partial charge in [0.1, 0.15) is 0 Å². The van der Waals surface area contributed by atoms with Crippen molar-refractivity contribution < 1.29 is 0 Å². The molecule has 0 N–H and O–H groups in total. The van der Waals surface area contributed by atoms with Crippen molar-refractivity contribution >= 4 is 95.0 Å². The third-order valence-electron chi connectivity index (χ3n) is 16.0. The standard InChI is InChI=1S/C66H64BN3S/c1-63(2,3)44-30-33-48(34-31-44)69-56-42-53-52(65(7,8)36-37-66(53,9)10)41-54(56)67-60-57(69)39-49(68(46-24-16-12-17-25-46)47-26-18-13-19-27-47)40-58(60)70(61-50-28-20-21-29-59(50)71-62(61)67)55-35-32-45(64(4,5)6)38-51(55)43-22-14-11-15-23-43/h11-35,38-42H,36-37H2,1-10H3. The van der Waals surface area contributed by atoms with E-state index in [-0.39, 0.29) is 28.4 Å². The normalized spacial score (nSPS) is 15.5. The van der Waals surface area contributed by atoms with Crippen molar-refractivity contribution in [2.75, 3.05) is 14.7 Å². The Kier molecular flexibility index (Phi) is 10.4. The lowest BCUT2D eigenvalue weighted by Gasteiger charge is -2.47. The van der Waals surface area contributed by atoms with Crippen molar-refractivity contribution in [3.05, 3.63) is 204 Å². The second-order valence-electron chi connectivity index (χ2n) is 23.7. The summed E-state index contributed by atoms with van der Waals surface area (Å²) < 4.78 is 2.70. The summed E-state index contributed by atoms with van der Waals surface area (Å²) in [4.78, 5) is 7.78. The molecule has 0 bridgehead atoms.